The van der Waals surface area contributed by atoms with Crippen LogP contribution in [0, 0.1) is 5.92 Å². The lowest BCUT2D eigenvalue weighted by Crippen LogP contribution is -2.40. The number of nitrogens with one attached hydrogen (secondary N) is 2. The third-order valence-corrected chi connectivity index (χ3v) is 4.07. The van der Waals surface area contributed by atoms with Crippen LogP contribution in [0.25, 0.3) is 0 Å². The van der Waals surface area contributed by atoms with E-state index in [2.05, 4.69) is 10.6 Å². The number of carbonyl (C=O) groups is 2. The van der Waals surface area contributed by atoms with Crippen molar-refractivity contribution in [3.8, 4) is 0 Å². The fourth-order valence-corrected chi connectivity index (χ4v) is 2.74. The zero-order valence-corrected chi connectivity index (χ0v) is 13.2. The summed E-state index contributed by atoms with van der Waals surface area (Å²) in [7, 11) is 1.61. The second-order valence-electron chi connectivity index (χ2n) is 5.65. The molecular formula is C17H24N2O3. The van der Waals surface area contributed by atoms with Gasteiger partial charge in [0.25, 0.3) is 5.91 Å². The number of ether oxygens (including phenoxy) is 1. The smallest absolute Gasteiger partial charge is 0.251 e. The Morgan fingerprint density at radius 3 is 2.91 bits per heavy atom. The number of hydrogen-bond acceptors (Lipinski definition) is 3. The second kappa shape index (κ2) is 7.94. The van der Waals surface area contributed by atoms with Crippen molar-refractivity contribution in [2.24, 2.45) is 5.92 Å². The summed E-state index contributed by atoms with van der Waals surface area (Å²) < 4.78 is 5.53. The molecule has 5 nitrogen and oxygen atoms in total. The van der Waals surface area contributed by atoms with E-state index in [9.17, 15) is 9.59 Å². The molecule has 2 unspecified atom stereocenters. The first kappa shape index (κ1) is 16.5. The number of amides is 2. The van der Waals surface area contributed by atoms with Crippen LogP contribution in [0.5, 0.6) is 0 Å². The maximum Gasteiger partial charge on any atom is 0.251 e. The summed E-state index contributed by atoms with van der Waals surface area (Å²) in [6.45, 7) is 3.27. The highest BCUT2D eigenvalue weighted by Crippen LogP contribution is 2.20. The first-order valence-corrected chi connectivity index (χ1v) is 7.82. The Kier molecular flexibility index (Phi) is 5.95. The molecule has 0 aromatic heterocycles. The Hall–Kier alpha value is -1.88. The van der Waals surface area contributed by atoms with E-state index in [0.29, 0.717) is 18.5 Å². The van der Waals surface area contributed by atoms with Crippen molar-refractivity contribution >= 4 is 11.8 Å². The largest absolute Gasteiger partial charge is 0.378 e. The van der Waals surface area contributed by atoms with Crippen molar-refractivity contribution in [1.29, 1.82) is 0 Å². The topological polar surface area (TPSA) is 67.4 Å². The Morgan fingerprint density at radius 2 is 2.18 bits per heavy atom. The van der Waals surface area contributed by atoms with Crippen molar-refractivity contribution in [3.05, 3.63) is 35.4 Å². The SMILES string of the molecule is CNC(=O)c1cccc(CCNC(=O)C2CCCOC2C)c1. The van der Waals surface area contributed by atoms with Crippen LogP contribution in [0.2, 0.25) is 0 Å². The van der Waals surface area contributed by atoms with Crippen LogP contribution < -0.4 is 10.6 Å². The molecule has 0 aliphatic carbocycles. The summed E-state index contributed by atoms with van der Waals surface area (Å²) in [5.74, 6) is -0.0836. The average Bonchev–Trinajstić information content (AvgIpc) is 2.54. The molecule has 0 spiro atoms. The van der Waals surface area contributed by atoms with Gasteiger partial charge in [-0.2, -0.15) is 0 Å². The highest BCUT2D eigenvalue weighted by atomic mass is 16.5. The number of rotatable bonds is 5. The molecule has 2 rings (SSSR count). The van der Waals surface area contributed by atoms with Crippen molar-refractivity contribution in [3.63, 3.8) is 0 Å². The molecule has 22 heavy (non-hydrogen) atoms. The van der Waals surface area contributed by atoms with Gasteiger partial charge in [-0.1, -0.05) is 12.1 Å². The van der Waals surface area contributed by atoms with E-state index in [-0.39, 0.29) is 23.8 Å². The third-order valence-electron chi connectivity index (χ3n) is 4.07. The van der Waals surface area contributed by atoms with Crippen LogP contribution >= 0.6 is 0 Å². The fraction of sp³-hybridized carbons (Fsp3) is 0.529. The third kappa shape index (κ3) is 4.31. The van der Waals surface area contributed by atoms with Crippen LogP contribution in [0.3, 0.4) is 0 Å². The minimum Gasteiger partial charge on any atom is -0.378 e. The van der Waals surface area contributed by atoms with Crippen molar-refractivity contribution in [1.82, 2.24) is 10.6 Å². The molecule has 1 fully saturated rings. The van der Waals surface area contributed by atoms with E-state index >= 15 is 0 Å². The van der Waals surface area contributed by atoms with Gasteiger partial charge in [-0.25, -0.2) is 0 Å². The van der Waals surface area contributed by atoms with Gasteiger partial charge in [-0.3, -0.25) is 9.59 Å². The molecule has 0 saturated carbocycles. The maximum atomic E-state index is 12.2. The van der Waals surface area contributed by atoms with Gasteiger partial charge in [0.05, 0.1) is 12.0 Å². The van der Waals surface area contributed by atoms with Gasteiger partial charge in [-0.15, -0.1) is 0 Å². The van der Waals surface area contributed by atoms with E-state index in [1.54, 1.807) is 13.1 Å². The lowest BCUT2D eigenvalue weighted by Gasteiger charge is -2.28. The Labute approximate surface area is 131 Å². The minimum atomic E-state index is -0.0981. The summed E-state index contributed by atoms with van der Waals surface area (Å²) in [6.07, 6.45) is 2.53. The molecule has 120 valence electrons. The van der Waals surface area contributed by atoms with Crippen LogP contribution in [0.1, 0.15) is 35.7 Å². The monoisotopic (exact) mass is 304 g/mol. The predicted octanol–water partition coefficient (Wildman–Crippen LogP) is 1.52. The van der Waals surface area contributed by atoms with Crippen molar-refractivity contribution < 1.29 is 14.3 Å². The van der Waals surface area contributed by atoms with Gasteiger partial charge in [-0.05, 0) is 43.9 Å². The van der Waals surface area contributed by atoms with Gasteiger partial charge in [0.15, 0.2) is 0 Å². The van der Waals surface area contributed by atoms with Crippen molar-refractivity contribution in [2.45, 2.75) is 32.3 Å². The predicted molar refractivity (Wildman–Crippen MR) is 84.7 cm³/mol. The first-order chi connectivity index (χ1) is 10.6. The van der Waals surface area contributed by atoms with Gasteiger partial charge in [0.2, 0.25) is 5.91 Å². The standard InChI is InChI=1S/C17H24N2O3/c1-12-15(7-4-10-22-12)17(21)19-9-8-13-5-3-6-14(11-13)16(20)18-2/h3,5-6,11-12,15H,4,7-10H2,1-2H3,(H,18,20)(H,19,21). The molecule has 2 amide bonds. The van der Waals surface area contributed by atoms with Crippen LogP contribution in [-0.4, -0.2) is 38.1 Å². The Balaban J connectivity index is 1.83. The van der Waals surface area contributed by atoms with Gasteiger partial charge in [0.1, 0.15) is 0 Å². The van der Waals surface area contributed by atoms with Crippen LogP contribution in [0.4, 0.5) is 0 Å². The molecule has 5 heteroatoms. The minimum absolute atomic E-state index is 0.00896. The van der Waals surface area contributed by atoms with E-state index in [4.69, 9.17) is 4.74 Å². The molecule has 0 bridgehead atoms. The lowest BCUT2D eigenvalue weighted by atomic mass is 9.94. The van der Waals surface area contributed by atoms with E-state index in [1.807, 2.05) is 25.1 Å². The molecule has 2 atom stereocenters. The second-order valence-corrected chi connectivity index (χ2v) is 5.65. The van der Waals surface area contributed by atoms with E-state index in [1.165, 1.54) is 0 Å². The number of hydrogen-bond donors (Lipinski definition) is 2. The fourth-order valence-electron chi connectivity index (χ4n) is 2.74. The number of benzene rings is 1. The Morgan fingerprint density at radius 1 is 1.36 bits per heavy atom. The van der Waals surface area contributed by atoms with Crippen LogP contribution in [0.15, 0.2) is 24.3 Å². The Bertz CT molecular complexity index is 530. The average molecular weight is 304 g/mol. The molecule has 1 aromatic carbocycles. The zero-order valence-electron chi connectivity index (χ0n) is 13.2. The summed E-state index contributed by atoms with van der Waals surface area (Å²) in [5, 5.41) is 5.58. The lowest BCUT2D eigenvalue weighted by molar-refractivity contribution is -0.133. The molecule has 1 aromatic rings. The molecule has 1 aliphatic rings. The summed E-state index contributed by atoms with van der Waals surface area (Å²) in [4.78, 5) is 23.8. The normalized spacial score (nSPS) is 21.2. The van der Waals surface area contributed by atoms with E-state index < -0.39 is 0 Å². The highest BCUT2D eigenvalue weighted by molar-refractivity contribution is 5.94. The van der Waals surface area contributed by atoms with Gasteiger partial charge in [0, 0.05) is 25.8 Å². The molecule has 1 heterocycles. The molecule has 2 N–H and O–H groups in total. The molecule has 1 saturated heterocycles. The van der Waals surface area contributed by atoms with Gasteiger partial charge < -0.3 is 15.4 Å². The van der Waals surface area contributed by atoms with E-state index in [0.717, 1.165) is 25.0 Å². The van der Waals surface area contributed by atoms with Gasteiger partial charge >= 0.3 is 0 Å². The first-order valence-electron chi connectivity index (χ1n) is 7.82. The summed E-state index contributed by atoms with van der Waals surface area (Å²) >= 11 is 0. The van der Waals surface area contributed by atoms with Crippen LogP contribution in [-0.2, 0) is 16.0 Å². The summed E-state index contributed by atoms with van der Waals surface area (Å²) in [6, 6.07) is 7.46. The molecule has 1 aliphatic heterocycles. The quantitative estimate of drug-likeness (QED) is 0.866. The van der Waals surface area contributed by atoms with Crippen molar-refractivity contribution in [2.75, 3.05) is 20.2 Å². The number of carbonyl (C=O) groups excluding carboxylic acids is 2. The molecular weight excluding hydrogens is 280 g/mol. The zero-order chi connectivity index (χ0) is 15.9. The maximum absolute atomic E-state index is 12.2. The highest BCUT2D eigenvalue weighted by Gasteiger charge is 2.28. The molecule has 0 radical (unpaired) electrons. The summed E-state index contributed by atoms with van der Waals surface area (Å²) in [5.41, 5.74) is 1.68.